The summed E-state index contributed by atoms with van der Waals surface area (Å²) in [5.74, 6) is -0.834. The van der Waals surface area contributed by atoms with Crippen molar-refractivity contribution in [3.05, 3.63) is 0 Å². The lowest BCUT2D eigenvalue weighted by Crippen LogP contribution is -2.59. The van der Waals surface area contributed by atoms with E-state index in [0.29, 0.717) is 25.3 Å². The fraction of sp³-hybridized carbons (Fsp3) is 0.960. The van der Waals surface area contributed by atoms with Crippen molar-refractivity contribution in [3.8, 4) is 0 Å². The number of nitrogens with zero attached hydrogens (tertiary/aromatic N) is 1. The Morgan fingerprint density at radius 3 is 2.58 bits per heavy atom. The molecule has 2 saturated heterocycles. The molecule has 0 aromatic carbocycles. The average Bonchev–Trinajstić information content (AvgIpc) is 3.30. The van der Waals surface area contributed by atoms with Gasteiger partial charge >= 0.3 is 0 Å². The van der Waals surface area contributed by atoms with Gasteiger partial charge in [-0.05, 0) is 71.5 Å². The van der Waals surface area contributed by atoms with E-state index in [9.17, 15) is 13.6 Å². The van der Waals surface area contributed by atoms with Gasteiger partial charge in [0.05, 0.1) is 12.3 Å². The van der Waals surface area contributed by atoms with Crippen molar-refractivity contribution in [1.82, 2.24) is 42.3 Å². The highest BCUT2D eigenvalue weighted by Gasteiger charge is 2.39. The van der Waals surface area contributed by atoms with Crippen LogP contribution in [-0.4, -0.2) is 94.0 Å². The molecule has 0 spiro atoms. The molecular formula is C25H48F2N8O. The van der Waals surface area contributed by atoms with Crippen LogP contribution in [0.3, 0.4) is 0 Å². The molecule has 7 unspecified atom stereocenters. The molecule has 0 aromatic rings. The third-order valence-electron chi connectivity index (χ3n) is 8.55. The van der Waals surface area contributed by atoms with Crippen LogP contribution in [0.1, 0.15) is 57.8 Å². The third kappa shape index (κ3) is 7.55. The highest BCUT2D eigenvalue weighted by Crippen LogP contribution is 2.30. The third-order valence-corrected chi connectivity index (χ3v) is 8.55. The lowest BCUT2D eigenvalue weighted by atomic mass is 9.84. The van der Waals surface area contributed by atoms with Crippen LogP contribution in [0.2, 0.25) is 0 Å². The largest absolute Gasteiger partial charge is 0.355 e. The summed E-state index contributed by atoms with van der Waals surface area (Å²) < 4.78 is 28.3. The maximum absolute atomic E-state index is 14.2. The SMILES string of the molecule is CNCCCN1C(CNC2CCCC(C(=O)NCC3C(F)CCCC3F)C2)NNC1C1CCNCN1. The Morgan fingerprint density at radius 2 is 1.83 bits per heavy atom. The molecule has 0 radical (unpaired) electrons. The van der Waals surface area contributed by atoms with Gasteiger partial charge in [-0.15, -0.1) is 0 Å². The summed E-state index contributed by atoms with van der Waals surface area (Å²) in [5, 5.41) is 16.8. The molecule has 2 heterocycles. The monoisotopic (exact) mass is 514 g/mol. The minimum atomic E-state index is -1.15. The molecule has 9 nitrogen and oxygen atoms in total. The molecule has 4 fully saturated rings. The van der Waals surface area contributed by atoms with Crippen LogP contribution in [0.25, 0.3) is 0 Å². The van der Waals surface area contributed by atoms with Gasteiger partial charge in [0.15, 0.2) is 0 Å². The fourth-order valence-electron chi connectivity index (χ4n) is 6.37. The molecule has 1 amide bonds. The summed E-state index contributed by atoms with van der Waals surface area (Å²) in [6.45, 7) is 4.73. The molecule has 7 N–H and O–H groups in total. The summed E-state index contributed by atoms with van der Waals surface area (Å²) >= 11 is 0. The molecule has 208 valence electrons. The Balaban J connectivity index is 1.24. The molecule has 4 aliphatic rings. The van der Waals surface area contributed by atoms with E-state index >= 15 is 0 Å². The van der Waals surface area contributed by atoms with Crippen molar-refractivity contribution < 1.29 is 13.6 Å². The molecule has 0 bridgehead atoms. The van der Waals surface area contributed by atoms with E-state index in [0.717, 1.165) is 71.4 Å². The quantitative estimate of drug-likeness (QED) is 0.198. The van der Waals surface area contributed by atoms with Crippen LogP contribution in [0.15, 0.2) is 0 Å². The summed E-state index contributed by atoms with van der Waals surface area (Å²) in [7, 11) is 1.99. The molecule has 4 rings (SSSR count). The van der Waals surface area contributed by atoms with Gasteiger partial charge < -0.3 is 21.3 Å². The highest BCUT2D eigenvalue weighted by molar-refractivity contribution is 5.78. The molecule has 2 aliphatic heterocycles. The zero-order chi connectivity index (χ0) is 25.3. The number of halogens is 2. The molecule has 36 heavy (non-hydrogen) atoms. The van der Waals surface area contributed by atoms with Crippen LogP contribution in [-0.2, 0) is 4.79 Å². The van der Waals surface area contributed by atoms with E-state index in [1.54, 1.807) is 0 Å². The summed E-state index contributed by atoms with van der Waals surface area (Å²) in [4.78, 5) is 15.4. The van der Waals surface area contributed by atoms with E-state index < -0.39 is 18.3 Å². The molecule has 11 heteroatoms. The van der Waals surface area contributed by atoms with Gasteiger partial charge in [-0.25, -0.2) is 19.6 Å². The number of alkyl halides is 2. The van der Waals surface area contributed by atoms with Crippen LogP contribution in [0.5, 0.6) is 0 Å². The lowest BCUT2D eigenvalue weighted by Gasteiger charge is -2.36. The van der Waals surface area contributed by atoms with Crippen molar-refractivity contribution in [2.45, 2.75) is 94.5 Å². The Morgan fingerprint density at radius 1 is 1.03 bits per heavy atom. The number of nitrogens with one attached hydrogen (secondary N) is 7. The standard InChI is InChI=1S/C25H48F2N8O/c1-28-10-4-12-35-23(33-34-24(35)22-9-11-29-16-32-22)15-30-18-6-2-5-17(13-18)25(36)31-14-19-20(26)7-3-8-21(19)27/h17-24,28-30,32-34H,2-16H2,1H3,(H,31,36). The second kappa shape index (κ2) is 14.3. The Kier molecular flexibility index (Phi) is 11.1. The number of carbonyl (C=O) groups excluding carboxylic acids is 1. The fourth-order valence-corrected chi connectivity index (χ4v) is 6.37. The maximum Gasteiger partial charge on any atom is 0.223 e. The second-order valence-corrected chi connectivity index (χ2v) is 11.1. The highest BCUT2D eigenvalue weighted by atomic mass is 19.1. The summed E-state index contributed by atoms with van der Waals surface area (Å²) in [6, 6.07) is 0.655. The van der Waals surface area contributed by atoms with Crippen molar-refractivity contribution in [1.29, 1.82) is 0 Å². The number of hydrogen-bond donors (Lipinski definition) is 7. The second-order valence-electron chi connectivity index (χ2n) is 11.1. The van der Waals surface area contributed by atoms with E-state index in [-0.39, 0.29) is 36.7 Å². The Labute approximate surface area is 215 Å². The minimum absolute atomic E-state index is 0.0436. The number of hydrogen-bond acceptors (Lipinski definition) is 8. The van der Waals surface area contributed by atoms with Crippen LogP contribution < -0.4 is 37.4 Å². The van der Waals surface area contributed by atoms with Gasteiger partial charge in [0, 0.05) is 50.2 Å². The topological polar surface area (TPSA) is 105 Å². The summed E-state index contributed by atoms with van der Waals surface area (Å²) in [6.07, 6.45) is 5.31. The summed E-state index contributed by atoms with van der Waals surface area (Å²) in [5.41, 5.74) is 7.02. The van der Waals surface area contributed by atoms with Gasteiger partial charge in [0.25, 0.3) is 0 Å². The smallest absolute Gasteiger partial charge is 0.223 e. The van der Waals surface area contributed by atoms with Crippen molar-refractivity contribution in [2.75, 3.05) is 46.4 Å². The predicted octanol–water partition coefficient (Wildman–Crippen LogP) is 0.308. The van der Waals surface area contributed by atoms with Gasteiger partial charge in [-0.3, -0.25) is 15.0 Å². The first-order valence-corrected chi connectivity index (χ1v) is 14.2. The van der Waals surface area contributed by atoms with E-state index in [1.807, 2.05) is 7.05 Å². The molecule has 2 aliphatic carbocycles. The van der Waals surface area contributed by atoms with E-state index in [4.69, 9.17) is 0 Å². The number of rotatable bonds is 11. The average molecular weight is 515 g/mol. The first-order valence-electron chi connectivity index (χ1n) is 14.2. The Bertz CT molecular complexity index is 660. The molecule has 7 atom stereocenters. The van der Waals surface area contributed by atoms with Crippen LogP contribution in [0.4, 0.5) is 8.78 Å². The number of carbonyl (C=O) groups is 1. The molecular weight excluding hydrogens is 466 g/mol. The minimum Gasteiger partial charge on any atom is -0.355 e. The predicted molar refractivity (Wildman–Crippen MR) is 137 cm³/mol. The van der Waals surface area contributed by atoms with Crippen LogP contribution >= 0.6 is 0 Å². The van der Waals surface area contributed by atoms with Crippen molar-refractivity contribution >= 4 is 5.91 Å². The van der Waals surface area contributed by atoms with Gasteiger partial charge in [-0.1, -0.05) is 6.42 Å². The maximum atomic E-state index is 14.2. The van der Waals surface area contributed by atoms with E-state index in [1.165, 1.54) is 0 Å². The first kappa shape index (κ1) is 28.1. The normalized spacial score (nSPS) is 38.2. The van der Waals surface area contributed by atoms with Crippen LogP contribution in [0, 0.1) is 11.8 Å². The Hall–Kier alpha value is -0.950. The van der Waals surface area contributed by atoms with Crippen molar-refractivity contribution in [3.63, 3.8) is 0 Å². The first-order chi connectivity index (χ1) is 17.6. The molecule has 2 saturated carbocycles. The number of hydrazine groups is 1. The lowest BCUT2D eigenvalue weighted by molar-refractivity contribution is -0.126. The van der Waals surface area contributed by atoms with E-state index in [2.05, 4.69) is 42.3 Å². The van der Waals surface area contributed by atoms with Gasteiger partial charge in [0.1, 0.15) is 12.3 Å². The van der Waals surface area contributed by atoms with Gasteiger partial charge in [0.2, 0.25) is 5.91 Å². The zero-order valence-corrected chi connectivity index (χ0v) is 21.8. The van der Waals surface area contributed by atoms with Crippen molar-refractivity contribution in [2.24, 2.45) is 11.8 Å². The molecule has 0 aromatic heterocycles. The van der Waals surface area contributed by atoms with Gasteiger partial charge in [-0.2, -0.15) is 0 Å². The zero-order valence-electron chi connectivity index (χ0n) is 21.8. The number of amides is 1.